The van der Waals surface area contributed by atoms with Crippen LogP contribution in [0.4, 0.5) is 0 Å². The van der Waals surface area contributed by atoms with E-state index in [2.05, 4.69) is 13.8 Å². The first-order chi connectivity index (χ1) is 7.93. The van der Waals surface area contributed by atoms with Crippen molar-refractivity contribution in [1.82, 2.24) is 0 Å². The molecule has 17 heavy (non-hydrogen) atoms. The van der Waals surface area contributed by atoms with Crippen molar-refractivity contribution in [3.05, 3.63) is 34.9 Å². The molecule has 0 saturated heterocycles. The Bertz CT molecular complexity index is 452. The lowest BCUT2D eigenvalue weighted by atomic mass is 9.89. The molecule has 1 aromatic carbocycles. The molecule has 0 radical (unpaired) electrons. The molecule has 2 unspecified atom stereocenters. The summed E-state index contributed by atoms with van der Waals surface area (Å²) in [5.74, 6) is 0.633. The second-order valence-corrected chi connectivity index (χ2v) is 6.65. The van der Waals surface area contributed by atoms with Crippen LogP contribution in [0.1, 0.15) is 29.5 Å². The summed E-state index contributed by atoms with van der Waals surface area (Å²) in [5, 5.41) is 10.8. The number of hydrogen-bond donors (Lipinski definition) is 1. The van der Waals surface area contributed by atoms with Crippen LogP contribution in [0.3, 0.4) is 0 Å². The molecule has 1 saturated carbocycles. The Labute approximate surface area is 106 Å². The zero-order chi connectivity index (χ0) is 12.6. The van der Waals surface area contributed by atoms with Gasteiger partial charge in [0.2, 0.25) is 0 Å². The van der Waals surface area contributed by atoms with Crippen molar-refractivity contribution in [3.8, 4) is 0 Å². The predicted octanol–water partition coefficient (Wildman–Crippen LogP) is 2.28. The van der Waals surface area contributed by atoms with Gasteiger partial charge in [0.25, 0.3) is 0 Å². The molecule has 94 valence electrons. The molecule has 2 rings (SSSR count). The van der Waals surface area contributed by atoms with E-state index < -0.39 is 16.4 Å². The fraction of sp³-hybridized carbons (Fsp3) is 0.571. The van der Waals surface area contributed by atoms with E-state index in [1.807, 2.05) is 18.2 Å². The first-order valence-corrected chi connectivity index (χ1v) is 7.76. The number of aliphatic hydroxyl groups is 1. The Hall–Kier alpha value is -0.670. The molecule has 1 fully saturated rings. The van der Waals surface area contributed by atoms with Crippen molar-refractivity contribution in [2.45, 2.75) is 32.3 Å². The third kappa shape index (κ3) is 2.61. The minimum Gasteiger partial charge on any atom is -0.384 e. The van der Waals surface area contributed by atoms with Gasteiger partial charge >= 0.3 is 0 Å². The molecule has 2 nitrogen and oxygen atoms in total. The third-order valence-electron chi connectivity index (χ3n) is 3.68. The van der Waals surface area contributed by atoms with Gasteiger partial charge in [-0.3, -0.25) is 4.21 Å². The molecule has 3 heteroatoms. The standard InChI is InChI=1S/C14H20O2S/c1-10-4-5-13(8-11(10)2)14(15,9-17(3)16)12-6-7-12/h4-5,8,12,15H,6-7,9H2,1-3H3. The van der Waals surface area contributed by atoms with Crippen LogP contribution in [0.25, 0.3) is 0 Å². The van der Waals surface area contributed by atoms with E-state index in [1.165, 1.54) is 11.1 Å². The highest BCUT2D eigenvalue weighted by Gasteiger charge is 2.45. The number of aryl methyl sites for hydroxylation is 2. The quantitative estimate of drug-likeness (QED) is 0.892. The summed E-state index contributed by atoms with van der Waals surface area (Å²) in [5.41, 5.74) is 2.45. The Morgan fingerprint density at radius 1 is 1.35 bits per heavy atom. The SMILES string of the molecule is Cc1ccc(C(O)(CS(C)=O)C2CC2)cc1C. The van der Waals surface area contributed by atoms with Gasteiger partial charge < -0.3 is 5.11 Å². The molecule has 0 bridgehead atoms. The van der Waals surface area contributed by atoms with Crippen LogP contribution >= 0.6 is 0 Å². The monoisotopic (exact) mass is 252 g/mol. The third-order valence-corrected chi connectivity index (χ3v) is 4.53. The van der Waals surface area contributed by atoms with Crippen molar-refractivity contribution < 1.29 is 9.32 Å². The van der Waals surface area contributed by atoms with Gasteiger partial charge in [-0.15, -0.1) is 0 Å². The fourth-order valence-electron chi connectivity index (χ4n) is 2.32. The van der Waals surface area contributed by atoms with Gasteiger partial charge in [-0.2, -0.15) is 0 Å². The van der Waals surface area contributed by atoms with E-state index in [4.69, 9.17) is 0 Å². The Morgan fingerprint density at radius 3 is 2.47 bits per heavy atom. The van der Waals surface area contributed by atoms with E-state index in [0.717, 1.165) is 18.4 Å². The van der Waals surface area contributed by atoms with Gasteiger partial charge in [0, 0.05) is 17.1 Å². The highest BCUT2D eigenvalue weighted by atomic mass is 32.2. The zero-order valence-corrected chi connectivity index (χ0v) is 11.5. The van der Waals surface area contributed by atoms with E-state index in [9.17, 15) is 9.32 Å². The molecule has 2 atom stereocenters. The lowest BCUT2D eigenvalue weighted by Crippen LogP contribution is -2.34. The summed E-state index contributed by atoms with van der Waals surface area (Å²) in [4.78, 5) is 0. The first-order valence-electron chi connectivity index (χ1n) is 6.03. The summed E-state index contributed by atoms with van der Waals surface area (Å²) >= 11 is 0. The average molecular weight is 252 g/mol. The van der Waals surface area contributed by atoms with E-state index in [1.54, 1.807) is 6.26 Å². The fourth-order valence-corrected chi connectivity index (χ4v) is 3.34. The summed E-state index contributed by atoms with van der Waals surface area (Å²) in [7, 11) is -0.978. The molecule has 0 aromatic heterocycles. The van der Waals surface area contributed by atoms with Crippen LogP contribution in [-0.4, -0.2) is 21.3 Å². The van der Waals surface area contributed by atoms with Gasteiger partial charge in [-0.25, -0.2) is 0 Å². The summed E-state index contributed by atoms with van der Waals surface area (Å²) in [6.45, 7) is 4.11. The van der Waals surface area contributed by atoms with Crippen LogP contribution in [-0.2, 0) is 16.4 Å². The zero-order valence-electron chi connectivity index (χ0n) is 10.7. The van der Waals surface area contributed by atoms with E-state index in [0.29, 0.717) is 5.75 Å². The maximum atomic E-state index is 11.5. The maximum Gasteiger partial charge on any atom is 0.104 e. The second-order valence-electron chi connectivity index (χ2n) is 5.22. The van der Waals surface area contributed by atoms with Crippen molar-refractivity contribution >= 4 is 10.8 Å². The maximum absolute atomic E-state index is 11.5. The molecule has 1 aliphatic carbocycles. The number of rotatable bonds is 4. The van der Waals surface area contributed by atoms with Gasteiger partial charge in [-0.1, -0.05) is 18.2 Å². The van der Waals surface area contributed by atoms with Gasteiger partial charge in [0.15, 0.2) is 0 Å². The highest BCUT2D eigenvalue weighted by Crippen LogP contribution is 2.46. The largest absolute Gasteiger partial charge is 0.384 e. The Morgan fingerprint density at radius 2 is 2.00 bits per heavy atom. The molecule has 1 aromatic rings. The predicted molar refractivity (Wildman–Crippen MR) is 71.5 cm³/mol. The molecule has 1 N–H and O–H groups in total. The van der Waals surface area contributed by atoms with Crippen LogP contribution in [0.15, 0.2) is 18.2 Å². The summed E-state index contributed by atoms with van der Waals surface area (Å²) < 4.78 is 11.5. The highest BCUT2D eigenvalue weighted by molar-refractivity contribution is 7.84. The normalized spacial score (nSPS) is 20.9. The molecule has 0 amide bonds. The smallest absolute Gasteiger partial charge is 0.104 e. The van der Waals surface area contributed by atoms with Crippen LogP contribution in [0.2, 0.25) is 0 Å². The molecular formula is C14H20O2S. The lowest BCUT2D eigenvalue weighted by Gasteiger charge is -2.28. The van der Waals surface area contributed by atoms with Crippen LogP contribution in [0, 0.1) is 19.8 Å². The number of hydrogen-bond acceptors (Lipinski definition) is 2. The van der Waals surface area contributed by atoms with Crippen molar-refractivity contribution in [2.24, 2.45) is 5.92 Å². The summed E-state index contributed by atoms with van der Waals surface area (Å²) in [6.07, 6.45) is 3.75. The molecule has 0 aliphatic heterocycles. The van der Waals surface area contributed by atoms with E-state index >= 15 is 0 Å². The Balaban J connectivity index is 2.38. The van der Waals surface area contributed by atoms with Gasteiger partial charge in [-0.05, 0) is 49.3 Å². The molecule has 1 aliphatic rings. The van der Waals surface area contributed by atoms with Crippen LogP contribution < -0.4 is 0 Å². The second kappa shape index (κ2) is 4.54. The first kappa shape index (κ1) is 12.8. The van der Waals surface area contributed by atoms with Gasteiger partial charge in [0.1, 0.15) is 5.60 Å². The van der Waals surface area contributed by atoms with E-state index in [-0.39, 0.29) is 5.92 Å². The number of benzene rings is 1. The minimum absolute atomic E-state index is 0.286. The van der Waals surface area contributed by atoms with Gasteiger partial charge in [0.05, 0.1) is 5.75 Å². The topological polar surface area (TPSA) is 37.3 Å². The molecular weight excluding hydrogens is 232 g/mol. The molecule has 0 spiro atoms. The Kier molecular flexibility index (Phi) is 3.41. The summed E-state index contributed by atoms with van der Waals surface area (Å²) in [6, 6.07) is 6.06. The average Bonchev–Trinajstić information content (AvgIpc) is 3.04. The van der Waals surface area contributed by atoms with Crippen molar-refractivity contribution in [3.63, 3.8) is 0 Å². The van der Waals surface area contributed by atoms with Crippen molar-refractivity contribution in [2.75, 3.05) is 12.0 Å². The van der Waals surface area contributed by atoms with Crippen molar-refractivity contribution in [1.29, 1.82) is 0 Å². The van der Waals surface area contributed by atoms with Crippen LogP contribution in [0.5, 0.6) is 0 Å². The molecule has 0 heterocycles. The minimum atomic E-state index is -0.978. The lowest BCUT2D eigenvalue weighted by molar-refractivity contribution is 0.0375.